The molecule has 4 heteroatoms. The van der Waals surface area contributed by atoms with Crippen molar-refractivity contribution in [2.24, 2.45) is 5.92 Å². The van der Waals surface area contributed by atoms with Crippen LogP contribution in [0.2, 0.25) is 0 Å². The predicted octanol–water partition coefficient (Wildman–Crippen LogP) is 0.538. The molecule has 14 heavy (non-hydrogen) atoms. The maximum Gasteiger partial charge on any atom is 0.328 e. The first-order valence-electron chi connectivity index (χ1n) is 4.73. The minimum Gasteiger partial charge on any atom is -0.478 e. The fraction of sp³-hybridized carbons (Fsp3) is 0.600. The first kappa shape index (κ1) is 10.9. The monoisotopic (exact) mass is 197 g/mol. The predicted molar refractivity (Wildman–Crippen MR) is 52.0 cm³/mol. The summed E-state index contributed by atoms with van der Waals surface area (Å²) < 4.78 is 0. The Morgan fingerprint density at radius 2 is 1.86 bits per heavy atom. The SMILES string of the molecule is CN1CCC(C(=O)C=CC(=O)O)CC1. The third-order valence-corrected chi connectivity index (χ3v) is 2.51. The second-order valence-electron chi connectivity index (χ2n) is 3.65. The second kappa shape index (κ2) is 4.91. The van der Waals surface area contributed by atoms with Crippen molar-refractivity contribution in [2.45, 2.75) is 12.8 Å². The van der Waals surface area contributed by atoms with Gasteiger partial charge in [-0.15, -0.1) is 0 Å². The van der Waals surface area contributed by atoms with Gasteiger partial charge in [0.1, 0.15) is 0 Å². The van der Waals surface area contributed by atoms with Gasteiger partial charge in [-0.2, -0.15) is 0 Å². The summed E-state index contributed by atoms with van der Waals surface area (Å²) in [6, 6.07) is 0. The molecule has 0 aliphatic carbocycles. The molecule has 0 amide bonds. The van der Waals surface area contributed by atoms with Gasteiger partial charge in [-0.05, 0) is 39.1 Å². The van der Waals surface area contributed by atoms with Crippen LogP contribution in [0.3, 0.4) is 0 Å². The summed E-state index contributed by atoms with van der Waals surface area (Å²) in [5.41, 5.74) is 0. The number of carboxylic acid groups (broad SMARTS) is 1. The van der Waals surface area contributed by atoms with E-state index >= 15 is 0 Å². The molecule has 1 saturated heterocycles. The molecule has 1 fully saturated rings. The zero-order chi connectivity index (χ0) is 10.6. The number of nitrogens with zero attached hydrogens (tertiary/aromatic N) is 1. The van der Waals surface area contributed by atoms with Crippen LogP contribution in [0, 0.1) is 5.92 Å². The zero-order valence-corrected chi connectivity index (χ0v) is 8.27. The summed E-state index contributed by atoms with van der Waals surface area (Å²) in [4.78, 5) is 23.8. The van der Waals surface area contributed by atoms with Crippen LogP contribution in [-0.4, -0.2) is 41.9 Å². The van der Waals surface area contributed by atoms with Gasteiger partial charge in [0.15, 0.2) is 5.78 Å². The molecule has 0 aromatic carbocycles. The number of hydrogen-bond donors (Lipinski definition) is 1. The van der Waals surface area contributed by atoms with Crippen LogP contribution in [0.5, 0.6) is 0 Å². The van der Waals surface area contributed by atoms with Gasteiger partial charge in [0.05, 0.1) is 0 Å². The summed E-state index contributed by atoms with van der Waals surface area (Å²) >= 11 is 0. The van der Waals surface area contributed by atoms with Gasteiger partial charge in [-0.3, -0.25) is 4.79 Å². The Balaban J connectivity index is 2.42. The molecule has 0 unspecified atom stereocenters. The highest BCUT2D eigenvalue weighted by molar-refractivity contribution is 5.96. The van der Waals surface area contributed by atoms with E-state index in [0.29, 0.717) is 0 Å². The van der Waals surface area contributed by atoms with Gasteiger partial charge >= 0.3 is 5.97 Å². The normalized spacial score (nSPS) is 20.1. The van der Waals surface area contributed by atoms with Crippen molar-refractivity contribution in [1.82, 2.24) is 4.90 Å². The number of ketones is 1. The first-order chi connectivity index (χ1) is 6.59. The van der Waals surface area contributed by atoms with Crippen LogP contribution < -0.4 is 0 Å². The summed E-state index contributed by atoms with van der Waals surface area (Å²) in [7, 11) is 2.02. The Bertz CT molecular complexity index is 252. The summed E-state index contributed by atoms with van der Waals surface area (Å²) in [5, 5.41) is 8.36. The number of likely N-dealkylation sites (tertiary alicyclic amines) is 1. The number of piperidine rings is 1. The Hall–Kier alpha value is -1.16. The van der Waals surface area contributed by atoms with Crippen LogP contribution in [-0.2, 0) is 9.59 Å². The highest BCUT2D eigenvalue weighted by atomic mass is 16.4. The van der Waals surface area contributed by atoms with E-state index in [1.807, 2.05) is 7.05 Å². The van der Waals surface area contributed by atoms with E-state index < -0.39 is 5.97 Å². The fourth-order valence-corrected chi connectivity index (χ4v) is 1.58. The van der Waals surface area contributed by atoms with Crippen molar-refractivity contribution in [2.75, 3.05) is 20.1 Å². The highest BCUT2D eigenvalue weighted by Crippen LogP contribution is 2.17. The molecule has 0 spiro atoms. The molecule has 0 bridgehead atoms. The summed E-state index contributed by atoms with van der Waals surface area (Å²) in [5.74, 6) is -1.10. The second-order valence-corrected chi connectivity index (χ2v) is 3.65. The highest BCUT2D eigenvalue weighted by Gasteiger charge is 2.21. The van der Waals surface area contributed by atoms with Gasteiger partial charge in [-0.1, -0.05) is 0 Å². The van der Waals surface area contributed by atoms with Crippen molar-refractivity contribution < 1.29 is 14.7 Å². The molecule has 1 heterocycles. The third kappa shape index (κ3) is 3.30. The van der Waals surface area contributed by atoms with E-state index in [2.05, 4.69) is 4.90 Å². The number of rotatable bonds is 3. The number of allylic oxidation sites excluding steroid dienone is 1. The summed E-state index contributed by atoms with van der Waals surface area (Å²) in [6.07, 6.45) is 3.76. The van der Waals surface area contributed by atoms with E-state index in [0.717, 1.165) is 32.0 Å². The Morgan fingerprint density at radius 3 is 2.36 bits per heavy atom. The molecule has 0 aromatic heterocycles. The summed E-state index contributed by atoms with van der Waals surface area (Å²) in [6.45, 7) is 1.83. The van der Waals surface area contributed by atoms with Crippen LogP contribution in [0.4, 0.5) is 0 Å². The van der Waals surface area contributed by atoms with Crippen molar-refractivity contribution in [3.8, 4) is 0 Å². The molecule has 1 rings (SSSR count). The quantitative estimate of drug-likeness (QED) is 0.671. The Kier molecular flexibility index (Phi) is 3.83. The lowest BCUT2D eigenvalue weighted by Gasteiger charge is -2.27. The van der Waals surface area contributed by atoms with Gasteiger partial charge in [0, 0.05) is 12.0 Å². The molecule has 0 radical (unpaired) electrons. The van der Waals surface area contributed by atoms with E-state index in [-0.39, 0.29) is 11.7 Å². The van der Waals surface area contributed by atoms with Gasteiger partial charge in [-0.25, -0.2) is 4.79 Å². The molecule has 1 aliphatic rings. The van der Waals surface area contributed by atoms with Crippen LogP contribution in [0.1, 0.15) is 12.8 Å². The molecule has 1 N–H and O–H groups in total. The van der Waals surface area contributed by atoms with Gasteiger partial charge < -0.3 is 10.0 Å². The number of carbonyl (C=O) groups is 2. The molecular formula is C10H15NO3. The lowest BCUT2D eigenvalue weighted by Crippen LogP contribution is -2.33. The standard InChI is InChI=1S/C10H15NO3/c1-11-6-4-8(5-7-11)9(12)2-3-10(13)14/h2-3,8H,4-7H2,1H3,(H,13,14). The topological polar surface area (TPSA) is 57.6 Å². The minimum absolute atomic E-state index is 0.0156. The fourth-order valence-electron chi connectivity index (χ4n) is 1.58. The van der Waals surface area contributed by atoms with E-state index in [9.17, 15) is 9.59 Å². The smallest absolute Gasteiger partial charge is 0.328 e. The van der Waals surface area contributed by atoms with Crippen molar-refractivity contribution >= 4 is 11.8 Å². The first-order valence-corrected chi connectivity index (χ1v) is 4.73. The lowest BCUT2D eigenvalue weighted by molar-refractivity contribution is -0.131. The molecule has 0 saturated carbocycles. The van der Waals surface area contributed by atoms with E-state index in [1.54, 1.807) is 0 Å². The van der Waals surface area contributed by atoms with Crippen molar-refractivity contribution in [3.05, 3.63) is 12.2 Å². The largest absolute Gasteiger partial charge is 0.478 e. The molecule has 1 aliphatic heterocycles. The third-order valence-electron chi connectivity index (χ3n) is 2.51. The Labute approximate surface area is 83.2 Å². The number of carboxylic acids is 1. The zero-order valence-electron chi connectivity index (χ0n) is 8.27. The number of hydrogen-bond acceptors (Lipinski definition) is 3. The van der Waals surface area contributed by atoms with Crippen LogP contribution in [0.25, 0.3) is 0 Å². The van der Waals surface area contributed by atoms with Gasteiger partial charge in [0.2, 0.25) is 0 Å². The maximum atomic E-state index is 11.4. The van der Waals surface area contributed by atoms with Crippen LogP contribution in [0.15, 0.2) is 12.2 Å². The van der Waals surface area contributed by atoms with Crippen molar-refractivity contribution in [3.63, 3.8) is 0 Å². The molecular weight excluding hydrogens is 182 g/mol. The van der Waals surface area contributed by atoms with Crippen LogP contribution >= 0.6 is 0 Å². The van der Waals surface area contributed by atoms with Gasteiger partial charge in [0.25, 0.3) is 0 Å². The molecule has 4 nitrogen and oxygen atoms in total. The average molecular weight is 197 g/mol. The minimum atomic E-state index is -1.06. The molecule has 0 aromatic rings. The van der Waals surface area contributed by atoms with E-state index in [1.165, 1.54) is 6.08 Å². The van der Waals surface area contributed by atoms with E-state index in [4.69, 9.17) is 5.11 Å². The Morgan fingerprint density at radius 1 is 1.29 bits per heavy atom. The number of aliphatic carboxylic acids is 1. The maximum absolute atomic E-state index is 11.4. The lowest BCUT2D eigenvalue weighted by atomic mass is 9.92. The molecule has 0 atom stereocenters. The molecule has 78 valence electrons. The van der Waals surface area contributed by atoms with Crippen molar-refractivity contribution in [1.29, 1.82) is 0 Å². The average Bonchev–Trinajstić information content (AvgIpc) is 2.15. The number of carbonyl (C=O) groups excluding carboxylic acids is 1.